The standard InChI is InChI=1S/C10H13N3O4S/c1-5(9(11)16)18-10-12-6(3-7(14)13-10)4-8(15)17-2/h3,5H,4H2,1-2H3,(H2,11,16)(H,12,13,14). The number of amides is 1. The van der Waals surface area contributed by atoms with E-state index in [0.29, 0.717) is 0 Å². The molecule has 0 aliphatic heterocycles. The number of primary amides is 1. The predicted octanol–water partition coefficient (Wildman–Crippen LogP) is -0.549. The van der Waals surface area contributed by atoms with Gasteiger partial charge >= 0.3 is 5.97 Å². The number of rotatable bonds is 5. The van der Waals surface area contributed by atoms with E-state index in [9.17, 15) is 14.4 Å². The number of H-pyrrole nitrogens is 1. The Morgan fingerprint density at radius 3 is 2.83 bits per heavy atom. The Hall–Kier alpha value is -1.83. The first-order valence-electron chi connectivity index (χ1n) is 5.05. The van der Waals surface area contributed by atoms with Crippen molar-refractivity contribution in [2.75, 3.05) is 7.11 Å². The third kappa shape index (κ3) is 4.21. The lowest BCUT2D eigenvalue weighted by Gasteiger charge is -2.06. The number of thioether (sulfide) groups is 1. The fraction of sp³-hybridized carbons (Fsp3) is 0.400. The van der Waals surface area contributed by atoms with E-state index in [2.05, 4.69) is 14.7 Å². The van der Waals surface area contributed by atoms with E-state index in [1.807, 2.05) is 0 Å². The Morgan fingerprint density at radius 2 is 2.28 bits per heavy atom. The Labute approximate surface area is 107 Å². The number of nitrogens with zero attached hydrogens (tertiary/aromatic N) is 1. The molecule has 0 bridgehead atoms. The lowest BCUT2D eigenvalue weighted by Crippen LogP contribution is -2.23. The van der Waals surface area contributed by atoms with Crippen LogP contribution < -0.4 is 11.3 Å². The van der Waals surface area contributed by atoms with Gasteiger partial charge < -0.3 is 15.5 Å². The molecule has 1 heterocycles. The second kappa shape index (κ2) is 6.20. The van der Waals surface area contributed by atoms with Gasteiger partial charge in [0.15, 0.2) is 5.16 Å². The number of aromatic amines is 1. The zero-order valence-corrected chi connectivity index (χ0v) is 10.7. The molecular formula is C10H13N3O4S. The Balaban J connectivity index is 2.90. The van der Waals surface area contributed by atoms with E-state index >= 15 is 0 Å². The minimum atomic E-state index is -0.526. The molecule has 0 spiro atoms. The van der Waals surface area contributed by atoms with Gasteiger partial charge in [-0.15, -0.1) is 0 Å². The van der Waals surface area contributed by atoms with Crippen LogP contribution in [0.3, 0.4) is 0 Å². The average molecular weight is 271 g/mol. The highest BCUT2D eigenvalue weighted by Gasteiger charge is 2.13. The van der Waals surface area contributed by atoms with Crippen molar-refractivity contribution in [2.45, 2.75) is 23.8 Å². The van der Waals surface area contributed by atoms with Crippen molar-refractivity contribution in [1.29, 1.82) is 0 Å². The Bertz CT molecular complexity index is 514. The highest BCUT2D eigenvalue weighted by atomic mass is 32.2. The van der Waals surface area contributed by atoms with Crippen LogP contribution >= 0.6 is 11.8 Å². The van der Waals surface area contributed by atoms with Crippen LogP contribution in [-0.4, -0.2) is 34.2 Å². The van der Waals surface area contributed by atoms with Crippen LogP contribution in [0.5, 0.6) is 0 Å². The quantitative estimate of drug-likeness (QED) is 0.422. The summed E-state index contributed by atoms with van der Waals surface area (Å²) in [5, 5.41) is -0.283. The van der Waals surface area contributed by atoms with Crippen molar-refractivity contribution < 1.29 is 14.3 Å². The van der Waals surface area contributed by atoms with Crippen molar-refractivity contribution in [3.05, 3.63) is 22.1 Å². The van der Waals surface area contributed by atoms with Gasteiger partial charge in [0.1, 0.15) is 0 Å². The molecule has 1 atom stereocenters. The molecule has 1 aromatic rings. The van der Waals surface area contributed by atoms with E-state index in [4.69, 9.17) is 5.73 Å². The van der Waals surface area contributed by atoms with Crippen LogP contribution in [0, 0.1) is 0 Å². The summed E-state index contributed by atoms with van der Waals surface area (Å²) in [7, 11) is 1.25. The summed E-state index contributed by atoms with van der Waals surface area (Å²) >= 11 is 1.02. The zero-order valence-electron chi connectivity index (χ0n) is 9.93. The molecule has 0 radical (unpaired) electrons. The van der Waals surface area contributed by atoms with Crippen LogP contribution in [0.25, 0.3) is 0 Å². The number of carbonyl (C=O) groups excluding carboxylic acids is 2. The summed E-state index contributed by atoms with van der Waals surface area (Å²) in [6, 6.07) is 1.20. The SMILES string of the molecule is COC(=O)Cc1cc(=O)[nH]c(SC(C)C(N)=O)n1. The molecule has 0 aliphatic rings. The number of hydrogen-bond donors (Lipinski definition) is 2. The molecule has 1 rings (SSSR count). The molecule has 0 saturated heterocycles. The third-order valence-corrected chi connectivity index (χ3v) is 3.02. The van der Waals surface area contributed by atoms with Gasteiger partial charge in [-0.3, -0.25) is 14.4 Å². The lowest BCUT2D eigenvalue weighted by atomic mass is 10.3. The summed E-state index contributed by atoms with van der Waals surface area (Å²) < 4.78 is 4.48. The minimum absolute atomic E-state index is 0.0983. The summed E-state index contributed by atoms with van der Waals surface area (Å²) in [5.74, 6) is -1.01. The van der Waals surface area contributed by atoms with E-state index < -0.39 is 22.7 Å². The van der Waals surface area contributed by atoms with Gasteiger partial charge in [0.2, 0.25) is 5.91 Å². The monoisotopic (exact) mass is 271 g/mol. The molecule has 1 aromatic heterocycles. The van der Waals surface area contributed by atoms with Crippen molar-refractivity contribution >= 4 is 23.6 Å². The van der Waals surface area contributed by atoms with E-state index in [1.165, 1.54) is 13.2 Å². The van der Waals surface area contributed by atoms with E-state index in [1.54, 1.807) is 6.92 Å². The zero-order chi connectivity index (χ0) is 13.7. The topological polar surface area (TPSA) is 115 Å². The number of hydrogen-bond acceptors (Lipinski definition) is 6. The second-order valence-corrected chi connectivity index (χ2v) is 4.79. The first-order chi connectivity index (χ1) is 8.42. The Kier molecular flexibility index (Phi) is 4.90. The van der Waals surface area contributed by atoms with Crippen LogP contribution in [0.2, 0.25) is 0 Å². The summed E-state index contributed by atoms with van der Waals surface area (Å²) in [6.07, 6.45) is -0.0983. The number of methoxy groups -OCH3 is 1. The molecule has 0 fully saturated rings. The first kappa shape index (κ1) is 14.2. The molecule has 7 nitrogen and oxygen atoms in total. The van der Waals surface area contributed by atoms with Crippen molar-refractivity contribution in [3.8, 4) is 0 Å². The normalized spacial score (nSPS) is 11.9. The maximum Gasteiger partial charge on any atom is 0.311 e. The van der Waals surface area contributed by atoms with Gasteiger partial charge in [-0.25, -0.2) is 4.98 Å². The summed E-state index contributed by atoms with van der Waals surface area (Å²) in [5.41, 5.74) is 4.99. The van der Waals surface area contributed by atoms with Gasteiger partial charge in [-0.1, -0.05) is 11.8 Å². The fourth-order valence-electron chi connectivity index (χ4n) is 1.08. The average Bonchev–Trinajstić information content (AvgIpc) is 2.27. The second-order valence-electron chi connectivity index (χ2n) is 3.46. The molecule has 0 aliphatic carbocycles. The van der Waals surface area contributed by atoms with Gasteiger partial charge in [0.05, 0.1) is 24.5 Å². The van der Waals surface area contributed by atoms with Gasteiger partial charge in [0, 0.05) is 6.07 Å². The number of nitrogens with one attached hydrogen (secondary N) is 1. The molecule has 0 saturated carbocycles. The van der Waals surface area contributed by atoms with Gasteiger partial charge in [-0.05, 0) is 6.92 Å². The lowest BCUT2D eigenvalue weighted by molar-refractivity contribution is -0.139. The number of nitrogens with two attached hydrogens (primary N) is 1. The van der Waals surface area contributed by atoms with Crippen LogP contribution in [0.4, 0.5) is 0 Å². The minimum Gasteiger partial charge on any atom is -0.469 e. The number of esters is 1. The number of ether oxygens (including phenoxy) is 1. The smallest absolute Gasteiger partial charge is 0.311 e. The molecule has 1 amide bonds. The van der Waals surface area contributed by atoms with Crippen molar-refractivity contribution in [1.82, 2.24) is 9.97 Å². The van der Waals surface area contributed by atoms with Crippen LogP contribution in [0.1, 0.15) is 12.6 Å². The summed E-state index contributed by atoms with van der Waals surface area (Å²) in [4.78, 5) is 39.8. The molecule has 8 heteroatoms. The van der Waals surface area contributed by atoms with Crippen molar-refractivity contribution in [2.24, 2.45) is 5.73 Å². The molecule has 0 aromatic carbocycles. The fourth-order valence-corrected chi connectivity index (χ4v) is 1.86. The van der Waals surface area contributed by atoms with E-state index in [0.717, 1.165) is 11.8 Å². The predicted molar refractivity (Wildman–Crippen MR) is 65.1 cm³/mol. The third-order valence-electron chi connectivity index (χ3n) is 2.02. The van der Waals surface area contributed by atoms with Crippen LogP contribution in [0.15, 0.2) is 16.0 Å². The van der Waals surface area contributed by atoms with Crippen molar-refractivity contribution in [3.63, 3.8) is 0 Å². The van der Waals surface area contributed by atoms with Gasteiger partial charge in [0.25, 0.3) is 5.56 Å². The molecule has 3 N–H and O–H groups in total. The highest BCUT2D eigenvalue weighted by molar-refractivity contribution is 8.00. The number of aromatic nitrogens is 2. The highest BCUT2D eigenvalue weighted by Crippen LogP contribution is 2.17. The number of carbonyl (C=O) groups is 2. The maximum absolute atomic E-state index is 11.4. The molecule has 18 heavy (non-hydrogen) atoms. The maximum atomic E-state index is 11.4. The van der Waals surface area contributed by atoms with Crippen LogP contribution in [-0.2, 0) is 20.7 Å². The molecule has 1 unspecified atom stereocenters. The molecular weight excluding hydrogens is 258 g/mol. The molecule has 98 valence electrons. The largest absolute Gasteiger partial charge is 0.469 e. The van der Waals surface area contributed by atoms with Gasteiger partial charge in [-0.2, -0.15) is 0 Å². The first-order valence-corrected chi connectivity index (χ1v) is 5.93. The summed E-state index contributed by atoms with van der Waals surface area (Å²) in [6.45, 7) is 1.60. The Morgan fingerprint density at radius 1 is 1.61 bits per heavy atom. The van der Waals surface area contributed by atoms with E-state index in [-0.39, 0.29) is 17.3 Å².